The van der Waals surface area contributed by atoms with Gasteiger partial charge in [0.15, 0.2) is 0 Å². The Morgan fingerprint density at radius 3 is 2.50 bits per heavy atom. The summed E-state index contributed by atoms with van der Waals surface area (Å²) >= 11 is 0. The van der Waals surface area contributed by atoms with Crippen LogP contribution >= 0.6 is 0 Å². The molecule has 0 N–H and O–H groups in total. The SMILES string of the molecule is Cc1cc(-c2cc(C(F)F)c(OC[C@@H](C)CC(C)C)cn2)cnn1. The third-order valence-electron chi connectivity index (χ3n) is 3.60. The summed E-state index contributed by atoms with van der Waals surface area (Å²) in [5.74, 6) is 0.978. The zero-order chi connectivity index (χ0) is 17.7. The van der Waals surface area contributed by atoms with E-state index in [0.29, 0.717) is 35.4 Å². The predicted molar refractivity (Wildman–Crippen MR) is 89.1 cm³/mol. The van der Waals surface area contributed by atoms with E-state index >= 15 is 0 Å². The van der Waals surface area contributed by atoms with E-state index in [1.54, 1.807) is 13.0 Å². The molecule has 6 heteroatoms. The number of hydrogen-bond acceptors (Lipinski definition) is 4. The highest BCUT2D eigenvalue weighted by molar-refractivity contribution is 5.60. The zero-order valence-corrected chi connectivity index (χ0v) is 14.5. The van der Waals surface area contributed by atoms with E-state index in [1.807, 2.05) is 0 Å². The second-order valence-corrected chi connectivity index (χ2v) is 6.54. The molecule has 0 unspecified atom stereocenters. The van der Waals surface area contributed by atoms with Crippen molar-refractivity contribution in [2.24, 2.45) is 11.8 Å². The number of nitrogens with zero attached hydrogens (tertiary/aromatic N) is 3. The molecule has 0 aliphatic carbocycles. The summed E-state index contributed by atoms with van der Waals surface area (Å²) in [7, 11) is 0. The Bertz CT molecular complexity index is 677. The number of hydrogen-bond donors (Lipinski definition) is 0. The fraction of sp³-hybridized carbons (Fsp3) is 0.500. The summed E-state index contributed by atoms with van der Waals surface area (Å²) in [6, 6.07) is 3.12. The number of halogens is 2. The second kappa shape index (κ2) is 8.13. The van der Waals surface area contributed by atoms with Crippen molar-refractivity contribution in [1.29, 1.82) is 0 Å². The highest BCUT2D eigenvalue weighted by Gasteiger charge is 2.18. The Hall–Kier alpha value is -2.11. The van der Waals surface area contributed by atoms with Crippen LogP contribution in [-0.2, 0) is 0 Å². The van der Waals surface area contributed by atoms with Gasteiger partial charge >= 0.3 is 0 Å². The lowest BCUT2D eigenvalue weighted by Crippen LogP contribution is -2.12. The van der Waals surface area contributed by atoms with Crippen molar-refractivity contribution in [1.82, 2.24) is 15.2 Å². The van der Waals surface area contributed by atoms with Crippen LogP contribution < -0.4 is 4.74 Å². The van der Waals surface area contributed by atoms with Crippen LogP contribution in [0.4, 0.5) is 8.78 Å². The van der Waals surface area contributed by atoms with Gasteiger partial charge in [0.05, 0.1) is 36.0 Å². The molecule has 0 bridgehead atoms. The van der Waals surface area contributed by atoms with Crippen molar-refractivity contribution in [3.8, 4) is 17.0 Å². The minimum absolute atomic E-state index is 0.142. The number of ether oxygens (including phenoxy) is 1. The van der Waals surface area contributed by atoms with Gasteiger partial charge < -0.3 is 4.74 Å². The summed E-state index contributed by atoms with van der Waals surface area (Å²) in [6.45, 7) is 8.49. The van der Waals surface area contributed by atoms with Crippen LogP contribution in [0.3, 0.4) is 0 Å². The topological polar surface area (TPSA) is 47.9 Å². The number of aromatic nitrogens is 3. The first-order valence-electron chi connectivity index (χ1n) is 8.07. The van der Waals surface area contributed by atoms with E-state index < -0.39 is 6.43 Å². The average molecular weight is 335 g/mol. The standard InChI is InChI=1S/C18H23F2N3O/c1-11(2)5-12(3)10-24-17-9-21-16(7-15(17)18(19)20)14-6-13(4)23-22-8-14/h6-9,11-12,18H,5,10H2,1-4H3/t12-/m0/s1. The van der Waals surface area contributed by atoms with Gasteiger partial charge in [-0.05, 0) is 37.3 Å². The monoisotopic (exact) mass is 335 g/mol. The predicted octanol–water partition coefficient (Wildman–Crippen LogP) is 4.85. The molecule has 0 saturated carbocycles. The minimum atomic E-state index is -2.63. The van der Waals surface area contributed by atoms with Crippen LogP contribution in [0.5, 0.6) is 5.75 Å². The van der Waals surface area contributed by atoms with Gasteiger partial charge in [0.1, 0.15) is 5.75 Å². The Balaban J connectivity index is 2.21. The van der Waals surface area contributed by atoms with Gasteiger partial charge in [-0.25, -0.2) is 8.78 Å². The quantitative estimate of drug-likeness (QED) is 0.726. The molecule has 4 nitrogen and oxygen atoms in total. The molecule has 2 rings (SSSR count). The van der Waals surface area contributed by atoms with Gasteiger partial charge in [-0.2, -0.15) is 10.2 Å². The van der Waals surface area contributed by atoms with E-state index in [-0.39, 0.29) is 11.3 Å². The fourth-order valence-electron chi connectivity index (χ4n) is 2.63. The summed E-state index contributed by atoms with van der Waals surface area (Å²) < 4.78 is 32.4. The molecule has 2 heterocycles. The fourth-order valence-corrected chi connectivity index (χ4v) is 2.63. The number of pyridine rings is 1. The van der Waals surface area contributed by atoms with E-state index in [2.05, 4.69) is 36.0 Å². The Morgan fingerprint density at radius 2 is 1.88 bits per heavy atom. The van der Waals surface area contributed by atoms with Crippen molar-refractivity contribution >= 4 is 0 Å². The van der Waals surface area contributed by atoms with Crippen LogP contribution in [0.2, 0.25) is 0 Å². The molecule has 0 amide bonds. The van der Waals surface area contributed by atoms with Crippen molar-refractivity contribution in [3.05, 3.63) is 35.8 Å². The third-order valence-corrected chi connectivity index (χ3v) is 3.60. The maximum Gasteiger partial charge on any atom is 0.267 e. The largest absolute Gasteiger partial charge is 0.491 e. The lowest BCUT2D eigenvalue weighted by atomic mass is 10.00. The summed E-state index contributed by atoms with van der Waals surface area (Å²) in [5.41, 5.74) is 1.65. The van der Waals surface area contributed by atoms with Gasteiger partial charge in [0.25, 0.3) is 6.43 Å². The molecule has 0 fully saturated rings. The Labute approximate surface area is 141 Å². The van der Waals surface area contributed by atoms with E-state index in [9.17, 15) is 8.78 Å². The average Bonchev–Trinajstić information content (AvgIpc) is 2.52. The lowest BCUT2D eigenvalue weighted by molar-refractivity contribution is 0.142. The second-order valence-electron chi connectivity index (χ2n) is 6.54. The molecule has 0 saturated heterocycles. The lowest BCUT2D eigenvalue weighted by Gasteiger charge is -2.17. The van der Waals surface area contributed by atoms with E-state index in [4.69, 9.17) is 4.74 Å². The van der Waals surface area contributed by atoms with Gasteiger partial charge in [-0.1, -0.05) is 20.8 Å². The smallest absolute Gasteiger partial charge is 0.267 e. The van der Waals surface area contributed by atoms with E-state index in [0.717, 1.165) is 6.42 Å². The molecule has 2 aromatic heterocycles. The Kier molecular flexibility index (Phi) is 6.17. The first kappa shape index (κ1) is 18.2. The molecule has 0 radical (unpaired) electrons. The molecule has 0 spiro atoms. The molecule has 0 aromatic carbocycles. The van der Waals surface area contributed by atoms with Gasteiger partial charge in [0, 0.05) is 5.56 Å². The molecule has 2 aromatic rings. The van der Waals surface area contributed by atoms with Crippen molar-refractivity contribution in [2.45, 2.75) is 40.5 Å². The van der Waals surface area contributed by atoms with Gasteiger partial charge in [-0.15, -0.1) is 0 Å². The van der Waals surface area contributed by atoms with Crippen LogP contribution in [0, 0.1) is 18.8 Å². The van der Waals surface area contributed by atoms with Crippen LogP contribution in [0.15, 0.2) is 24.5 Å². The molecule has 0 aliphatic rings. The van der Waals surface area contributed by atoms with E-state index in [1.165, 1.54) is 18.5 Å². The number of aryl methyl sites for hydroxylation is 1. The summed E-state index contributed by atoms with van der Waals surface area (Å²) in [5, 5.41) is 7.70. The third kappa shape index (κ3) is 4.94. The number of rotatable bonds is 7. The molecule has 130 valence electrons. The van der Waals surface area contributed by atoms with Crippen molar-refractivity contribution < 1.29 is 13.5 Å². The summed E-state index contributed by atoms with van der Waals surface area (Å²) in [4.78, 5) is 4.25. The maximum atomic E-state index is 13.4. The van der Waals surface area contributed by atoms with Crippen LogP contribution in [0.25, 0.3) is 11.3 Å². The molecule has 24 heavy (non-hydrogen) atoms. The van der Waals surface area contributed by atoms with Crippen molar-refractivity contribution in [3.63, 3.8) is 0 Å². The first-order valence-corrected chi connectivity index (χ1v) is 8.07. The first-order chi connectivity index (χ1) is 11.4. The van der Waals surface area contributed by atoms with Crippen LogP contribution in [0.1, 0.15) is 44.9 Å². The van der Waals surface area contributed by atoms with Crippen molar-refractivity contribution in [2.75, 3.05) is 6.61 Å². The van der Waals surface area contributed by atoms with Gasteiger partial charge in [0.2, 0.25) is 0 Å². The Morgan fingerprint density at radius 1 is 1.12 bits per heavy atom. The van der Waals surface area contributed by atoms with Crippen LogP contribution in [-0.4, -0.2) is 21.8 Å². The highest BCUT2D eigenvalue weighted by atomic mass is 19.3. The number of alkyl halides is 2. The minimum Gasteiger partial charge on any atom is -0.491 e. The molecular weight excluding hydrogens is 312 g/mol. The summed E-state index contributed by atoms with van der Waals surface area (Å²) in [6.07, 6.45) is 1.24. The maximum absolute atomic E-state index is 13.4. The molecule has 0 aliphatic heterocycles. The zero-order valence-electron chi connectivity index (χ0n) is 14.5. The van der Waals surface area contributed by atoms with Gasteiger partial charge in [-0.3, -0.25) is 4.98 Å². The molecular formula is C18H23F2N3O. The highest BCUT2D eigenvalue weighted by Crippen LogP contribution is 2.32. The molecule has 1 atom stereocenters. The normalized spacial score (nSPS) is 12.7.